The lowest BCUT2D eigenvalue weighted by Crippen LogP contribution is -2.03. The van der Waals surface area contributed by atoms with Crippen molar-refractivity contribution in [3.8, 4) is 11.5 Å². The van der Waals surface area contributed by atoms with Gasteiger partial charge in [-0.2, -0.15) is 0 Å². The lowest BCUT2D eigenvalue weighted by Gasteiger charge is -2.17. The largest absolute Gasteiger partial charge is 0.508 e. The third kappa shape index (κ3) is 2.52. The third-order valence-corrected chi connectivity index (χ3v) is 4.07. The Labute approximate surface area is 124 Å². The van der Waals surface area contributed by atoms with Crippen molar-refractivity contribution in [2.24, 2.45) is 0 Å². The van der Waals surface area contributed by atoms with Crippen LogP contribution in [0.3, 0.4) is 0 Å². The summed E-state index contributed by atoms with van der Waals surface area (Å²) in [6.07, 6.45) is -0.186. The number of hydrogen-bond acceptors (Lipinski definition) is 3. The van der Waals surface area contributed by atoms with E-state index in [1.54, 1.807) is 24.3 Å². The van der Waals surface area contributed by atoms with Crippen LogP contribution in [0.2, 0.25) is 0 Å². The highest BCUT2D eigenvalue weighted by atomic mass is 16.5. The zero-order valence-corrected chi connectivity index (χ0v) is 12.1. The zero-order chi connectivity index (χ0) is 15.0. The maximum atomic E-state index is 9.40. The minimum absolute atomic E-state index is 0.0931. The van der Waals surface area contributed by atoms with Gasteiger partial charge in [-0.05, 0) is 60.4 Å². The smallest absolute Gasteiger partial charge is 0.115 e. The molecule has 108 valence electrons. The number of benzene rings is 2. The fraction of sp³-hybridized carbons (Fsp3) is 0.222. The highest BCUT2D eigenvalue weighted by Crippen LogP contribution is 2.45. The van der Waals surface area contributed by atoms with Crippen molar-refractivity contribution in [2.75, 3.05) is 0 Å². The molecule has 2 atom stereocenters. The summed E-state index contributed by atoms with van der Waals surface area (Å²) in [4.78, 5) is 0. The predicted octanol–water partition coefficient (Wildman–Crippen LogP) is 4.25. The predicted molar refractivity (Wildman–Crippen MR) is 81.2 cm³/mol. The molecule has 3 nitrogen and oxygen atoms in total. The maximum absolute atomic E-state index is 9.40. The van der Waals surface area contributed by atoms with E-state index in [0.717, 1.165) is 11.1 Å². The van der Waals surface area contributed by atoms with Crippen molar-refractivity contribution in [2.45, 2.75) is 26.1 Å². The van der Waals surface area contributed by atoms with Gasteiger partial charge in [-0.3, -0.25) is 0 Å². The van der Waals surface area contributed by atoms with E-state index < -0.39 is 0 Å². The molecule has 0 saturated heterocycles. The quantitative estimate of drug-likeness (QED) is 0.810. The van der Waals surface area contributed by atoms with Crippen molar-refractivity contribution >= 4 is 0 Å². The van der Waals surface area contributed by atoms with Crippen molar-refractivity contribution < 1.29 is 14.9 Å². The van der Waals surface area contributed by atoms with Gasteiger partial charge in [0.2, 0.25) is 0 Å². The van der Waals surface area contributed by atoms with Gasteiger partial charge in [0.25, 0.3) is 0 Å². The van der Waals surface area contributed by atoms with Gasteiger partial charge in [-0.15, -0.1) is 0 Å². The first-order chi connectivity index (χ1) is 10.1. The van der Waals surface area contributed by atoms with E-state index >= 15 is 0 Å². The van der Waals surface area contributed by atoms with Gasteiger partial charge in [0, 0.05) is 0 Å². The van der Waals surface area contributed by atoms with Crippen LogP contribution in [-0.2, 0) is 4.74 Å². The number of hydrogen-bond donors (Lipinski definition) is 2. The highest BCUT2D eigenvalue weighted by molar-refractivity contribution is 5.40. The van der Waals surface area contributed by atoms with Crippen LogP contribution in [0.25, 0.3) is 0 Å². The molecule has 0 fully saturated rings. The molecule has 0 aliphatic carbocycles. The first-order valence-electron chi connectivity index (χ1n) is 6.97. The van der Waals surface area contributed by atoms with Crippen LogP contribution in [0.4, 0.5) is 0 Å². The summed E-state index contributed by atoms with van der Waals surface area (Å²) in [5.74, 6) is 0.510. The molecule has 1 aliphatic rings. The summed E-state index contributed by atoms with van der Waals surface area (Å²) in [5, 5.41) is 18.8. The van der Waals surface area contributed by atoms with Crippen molar-refractivity contribution in [3.05, 3.63) is 70.8 Å². The standard InChI is InChI=1S/C18H18O3/c1-11-12(2)18(14-5-9-16(20)10-6-14)21-17(11)13-3-7-15(19)8-4-13/h3-10,17-20H,1-2H3/t17-,18-/m0/s1. The van der Waals surface area contributed by atoms with Gasteiger partial charge in [-0.1, -0.05) is 24.3 Å². The topological polar surface area (TPSA) is 49.7 Å². The Morgan fingerprint density at radius 2 is 1.00 bits per heavy atom. The fourth-order valence-corrected chi connectivity index (χ4v) is 2.71. The van der Waals surface area contributed by atoms with E-state index in [1.165, 1.54) is 11.1 Å². The van der Waals surface area contributed by atoms with Gasteiger partial charge in [0.15, 0.2) is 0 Å². The molecule has 0 unspecified atom stereocenters. The number of rotatable bonds is 2. The Hall–Kier alpha value is -2.26. The van der Waals surface area contributed by atoms with E-state index in [4.69, 9.17) is 4.74 Å². The summed E-state index contributed by atoms with van der Waals surface area (Å²) in [6.45, 7) is 4.15. The van der Waals surface area contributed by atoms with Gasteiger partial charge < -0.3 is 14.9 Å². The normalized spacial score (nSPS) is 21.8. The summed E-state index contributed by atoms with van der Waals surface area (Å²) in [7, 11) is 0. The summed E-state index contributed by atoms with van der Waals surface area (Å²) >= 11 is 0. The summed E-state index contributed by atoms with van der Waals surface area (Å²) in [6, 6.07) is 14.2. The number of ether oxygens (including phenoxy) is 1. The molecular weight excluding hydrogens is 264 g/mol. The van der Waals surface area contributed by atoms with Gasteiger partial charge in [0.05, 0.1) is 0 Å². The SMILES string of the molecule is CC1=C(C)[C@@H](c2ccc(O)cc2)O[C@@H]1c1ccc(O)cc1. The molecule has 3 rings (SSSR count). The van der Waals surface area contributed by atoms with E-state index in [-0.39, 0.29) is 23.7 Å². The van der Waals surface area contributed by atoms with Crippen LogP contribution in [-0.4, -0.2) is 10.2 Å². The molecule has 2 N–H and O–H groups in total. The van der Waals surface area contributed by atoms with Gasteiger partial charge in [0.1, 0.15) is 23.7 Å². The number of aromatic hydroxyl groups is 2. The van der Waals surface area contributed by atoms with Crippen LogP contribution in [0.1, 0.15) is 37.2 Å². The first kappa shape index (κ1) is 13.7. The first-order valence-corrected chi connectivity index (χ1v) is 6.97. The molecule has 0 radical (unpaired) electrons. The minimum atomic E-state index is -0.0931. The molecule has 0 spiro atoms. The molecule has 2 aromatic rings. The average Bonchev–Trinajstić information content (AvgIpc) is 2.78. The number of phenols is 2. The molecule has 0 bridgehead atoms. The zero-order valence-electron chi connectivity index (χ0n) is 12.1. The van der Waals surface area contributed by atoms with Crippen LogP contribution >= 0.6 is 0 Å². The molecule has 21 heavy (non-hydrogen) atoms. The Balaban J connectivity index is 1.91. The molecule has 0 aromatic heterocycles. The second-order valence-electron chi connectivity index (χ2n) is 5.45. The lowest BCUT2D eigenvalue weighted by atomic mass is 9.97. The molecule has 3 heteroatoms. The second-order valence-corrected chi connectivity index (χ2v) is 5.45. The van der Waals surface area contributed by atoms with Gasteiger partial charge >= 0.3 is 0 Å². The van der Waals surface area contributed by atoms with Gasteiger partial charge in [-0.25, -0.2) is 0 Å². The number of phenolic OH excluding ortho intramolecular Hbond substituents is 2. The van der Waals surface area contributed by atoms with Crippen molar-refractivity contribution in [1.29, 1.82) is 0 Å². The fourth-order valence-electron chi connectivity index (χ4n) is 2.71. The highest BCUT2D eigenvalue weighted by Gasteiger charge is 2.31. The molecule has 2 aromatic carbocycles. The van der Waals surface area contributed by atoms with Crippen LogP contribution < -0.4 is 0 Å². The lowest BCUT2D eigenvalue weighted by molar-refractivity contribution is 0.0518. The Morgan fingerprint density at radius 1 is 0.667 bits per heavy atom. The average molecular weight is 282 g/mol. The third-order valence-electron chi connectivity index (χ3n) is 4.07. The molecule has 0 saturated carbocycles. The van der Waals surface area contributed by atoms with Crippen molar-refractivity contribution in [1.82, 2.24) is 0 Å². The summed E-state index contributed by atoms with van der Waals surface area (Å²) in [5.41, 5.74) is 4.45. The Bertz CT molecular complexity index is 609. The Morgan fingerprint density at radius 3 is 1.33 bits per heavy atom. The maximum Gasteiger partial charge on any atom is 0.115 e. The molecule has 0 amide bonds. The minimum Gasteiger partial charge on any atom is -0.508 e. The van der Waals surface area contributed by atoms with E-state index in [9.17, 15) is 10.2 Å². The van der Waals surface area contributed by atoms with Crippen LogP contribution in [0, 0.1) is 0 Å². The van der Waals surface area contributed by atoms with Crippen LogP contribution in [0.5, 0.6) is 11.5 Å². The van der Waals surface area contributed by atoms with E-state index in [2.05, 4.69) is 13.8 Å². The molecule has 1 aliphatic heterocycles. The monoisotopic (exact) mass is 282 g/mol. The van der Waals surface area contributed by atoms with E-state index in [1.807, 2.05) is 24.3 Å². The Kier molecular flexibility index (Phi) is 3.43. The van der Waals surface area contributed by atoms with Crippen LogP contribution in [0.15, 0.2) is 59.7 Å². The molecule has 1 heterocycles. The van der Waals surface area contributed by atoms with Crippen molar-refractivity contribution in [3.63, 3.8) is 0 Å². The second kappa shape index (κ2) is 5.26. The van der Waals surface area contributed by atoms with E-state index in [0.29, 0.717) is 0 Å². The molecular formula is C18H18O3. The summed E-state index contributed by atoms with van der Waals surface area (Å²) < 4.78 is 6.20.